The Labute approximate surface area is 111 Å². The zero-order chi connectivity index (χ0) is 14.2. The number of carbonyl (C=O) groups is 1. The molecule has 1 heterocycles. The quantitative estimate of drug-likeness (QED) is 0.932. The molecule has 1 aromatic carbocycles. The van der Waals surface area contributed by atoms with E-state index in [1.54, 1.807) is 19.1 Å². The summed E-state index contributed by atoms with van der Waals surface area (Å²) in [5.74, 6) is -1.14. The van der Waals surface area contributed by atoms with Crippen LogP contribution in [0.2, 0.25) is 0 Å². The molecule has 2 aromatic rings. The number of carboxylic acids is 1. The lowest BCUT2D eigenvalue weighted by atomic mass is 10.2. The van der Waals surface area contributed by atoms with Gasteiger partial charge in [-0.3, -0.25) is 0 Å². The van der Waals surface area contributed by atoms with E-state index in [4.69, 9.17) is 5.11 Å². The van der Waals surface area contributed by atoms with Crippen LogP contribution in [-0.2, 0) is 10.0 Å². The van der Waals surface area contributed by atoms with Crippen LogP contribution >= 0.6 is 0 Å². The summed E-state index contributed by atoms with van der Waals surface area (Å²) in [5, 5.41) is 8.94. The first-order valence-electron chi connectivity index (χ1n) is 5.56. The van der Waals surface area contributed by atoms with Crippen molar-refractivity contribution in [3.8, 4) is 0 Å². The molecule has 0 aliphatic carbocycles. The molecule has 0 bridgehead atoms. The van der Waals surface area contributed by atoms with Gasteiger partial charge >= 0.3 is 5.97 Å². The molecule has 2 rings (SSSR count). The summed E-state index contributed by atoms with van der Waals surface area (Å²) in [6.07, 6.45) is 2.42. The average molecular weight is 279 g/mol. The van der Waals surface area contributed by atoms with E-state index in [0.29, 0.717) is 5.56 Å². The maximum Gasteiger partial charge on any atom is 0.337 e. The minimum absolute atomic E-state index is 0.0179. The second-order valence-electron chi connectivity index (χ2n) is 4.31. The molecule has 6 heteroatoms. The van der Waals surface area contributed by atoms with Crippen LogP contribution in [0.25, 0.3) is 0 Å². The number of hydrogen-bond acceptors (Lipinski definition) is 3. The van der Waals surface area contributed by atoms with Gasteiger partial charge in [0.15, 0.2) is 0 Å². The number of rotatable bonds is 3. The highest BCUT2D eigenvalue weighted by Gasteiger charge is 2.20. The smallest absolute Gasteiger partial charge is 0.337 e. The minimum atomic E-state index is -3.74. The maximum atomic E-state index is 12.3. The molecular formula is C13H13NO4S. The molecule has 0 saturated carbocycles. The largest absolute Gasteiger partial charge is 0.478 e. The molecule has 0 radical (unpaired) electrons. The fraction of sp³-hybridized carbons (Fsp3) is 0.154. The van der Waals surface area contributed by atoms with Gasteiger partial charge in [0, 0.05) is 12.4 Å². The van der Waals surface area contributed by atoms with Gasteiger partial charge in [-0.2, -0.15) is 0 Å². The normalized spacial score (nSPS) is 11.5. The Kier molecular flexibility index (Phi) is 3.20. The van der Waals surface area contributed by atoms with Crippen LogP contribution in [0.3, 0.4) is 0 Å². The molecule has 19 heavy (non-hydrogen) atoms. The molecule has 1 aromatic heterocycles. The van der Waals surface area contributed by atoms with E-state index in [1.807, 2.05) is 6.92 Å². The third kappa shape index (κ3) is 2.39. The van der Waals surface area contributed by atoms with Crippen LogP contribution < -0.4 is 0 Å². The van der Waals surface area contributed by atoms with Gasteiger partial charge in [0.05, 0.1) is 10.5 Å². The standard InChI is InChI=1S/C13H13NO4S/c1-9-3-5-11(6-4-9)19(17,18)14-7-10(2)12(8-14)13(15)16/h3-8H,1-2H3,(H,15,16). The van der Waals surface area contributed by atoms with Crippen LogP contribution in [0, 0.1) is 13.8 Å². The van der Waals surface area contributed by atoms with Gasteiger partial charge in [-0.05, 0) is 31.5 Å². The van der Waals surface area contributed by atoms with Crippen LogP contribution in [-0.4, -0.2) is 23.5 Å². The molecule has 0 spiro atoms. The lowest BCUT2D eigenvalue weighted by Gasteiger charge is -2.05. The van der Waals surface area contributed by atoms with Gasteiger partial charge in [0.1, 0.15) is 0 Å². The fourth-order valence-electron chi connectivity index (χ4n) is 1.72. The first kappa shape index (κ1) is 13.4. The van der Waals surface area contributed by atoms with Crippen LogP contribution in [0.1, 0.15) is 21.5 Å². The van der Waals surface area contributed by atoms with E-state index >= 15 is 0 Å². The van der Waals surface area contributed by atoms with Crippen molar-refractivity contribution in [2.45, 2.75) is 18.7 Å². The summed E-state index contributed by atoms with van der Waals surface area (Å²) < 4.78 is 25.5. The lowest BCUT2D eigenvalue weighted by Crippen LogP contribution is -2.11. The molecule has 0 aliphatic rings. The zero-order valence-corrected chi connectivity index (χ0v) is 11.3. The second-order valence-corrected chi connectivity index (χ2v) is 6.15. The molecule has 1 N–H and O–H groups in total. The highest BCUT2D eigenvalue weighted by atomic mass is 32.2. The molecule has 5 nitrogen and oxygen atoms in total. The number of hydrogen-bond donors (Lipinski definition) is 1. The van der Waals surface area contributed by atoms with E-state index in [2.05, 4.69) is 0 Å². The Morgan fingerprint density at radius 3 is 2.16 bits per heavy atom. The molecule has 0 fully saturated rings. The van der Waals surface area contributed by atoms with Gasteiger partial charge < -0.3 is 5.11 Å². The number of aromatic carboxylic acids is 1. The Morgan fingerprint density at radius 1 is 1.11 bits per heavy atom. The Hall–Kier alpha value is -2.08. The molecule has 0 saturated heterocycles. The van der Waals surface area contributed by atoms with E-state index in [-0.39, 0.29) is 10.5 Å². The van der Waals surface area contributed by atoms with Crippen molar-refractivity contribution in [2.75, 3.05) is 0 Å². The van der Waals surface area contributed by atoms with Crippen LogP contribution in [0.15, 0.2) is 41.6 Å². The number of carboxylic acid groups (broad SMARTS) is 1. The molecule has 0 aliphatic heterocycles. The summed E-state index contributed by atoms with van der Waals surface area (Å²) in [4.78, 5) is 11.1. The van der Waals surface area contributed by atoms with Crippen LogP contribution in [0.4, 0.5) is 0 Å². The number of benzene rings is 1. The van der Waals surface area contributed by atoms with Crippen molar-refractivity contribution in [1.29, 1.82) is 0 Å². The Morgan fingerprint density at radius 2 is 1.68 bits per heavy atom. The molecule has 0 amide bonds. The SMILES string of the molecule is Cc1ccc(S(=O)(=O)n2cc(C)c(C(=O)O)c2)cc1. The molecular weight excluding hydrogens is 266 g/mol. The average Bonchev–Trinajstić information content (AvgIpc) is 2.72. The predicted octanol–water partition coefficient (Wildman–Crippen LogP) is 2.04. The predicted molar refractivity (Wildman–Crippen MR) is 69.9 cm³/mol. The van der Waals surface area contributed by atoms with Gasteiger partial charge in [-0.1, -0.05) is 17.7 Å². The Balaban J connectivity index is 2.54. The lowest BCUT2D eigenvalue weighted by molar-refractivity contribution is 0.0696. The van der Waals surface area contributed by atoms with Gasteiger partial charge in [0.2, 0.25) is 0 Å². The first-order valence-corrected chi connectivity index (χ1v) is 7.00. The molecule has 0 atom stereocenters. The van der Waals surface area contributed by atoms with Crippen molar-refractivity contribution in [2.24, 2.45) is 0 Å². The minimum Gasteiger partial charge on any atom is -0.478 e. The topological polar surface area (TPSA) is 76.4 Å². The highest BCUT2D eigenvalue weighted by Crippen LogP contribution is 2.18. The highest BCUT2D eigenvalue weighted by molar-refractivity contribution is 7.90. The van der Waals surface area contributed by atoms with E-state index in [1.165, 1.54) is 18.3 Å². The maximum absolute atomic E-state index is 12.3. The van der Waals surface area contributed by atoms with Crippen molar-refractivity contribution < 1.29 is 18.3 Å². The van der Waals surface area contributed by atoms with E-state index < -0.39 is 16.0 Å². The van der Waals surface area contributed by atoms with Gasteiger partial charge in [0.25, 0.3) is 10.0 Å². The summed E-state index contributed by atoms with van der Waals surface area (Å²) >= 11 is 0. The molecule has 100 valence electrons. The summed E-state index contributed by atoms with van der Waals surface area (Å²) in [6.45, 7) is 3.42. The number of aromatic nitrogens is 1. The van der Waals surface area contributed by atoms with Gasteiger partial charge in [-0.15, -0.1) is 0 Å². The van der Waals surface area contributed by atoms with Crippen LogP contribution in [0.5, 0.6) is 0 Å². The Bertz CT molecular complexity index is 727. The van der Waals surface area contributed by atoms with E-state index in [0.717, 1.165) is 15.7 Å². The number of aryl methyl sites for hydroxylation is 2. The summed E-state index contributed by atoms with van der Waals surface area (Å²) in [7, 11) is -3.74. The number of nitrogens with zero attached hydrogens (tertiary/aromatic N) is 1. The van der Waals surface area contributed by atoms with Crippen molar-refractivity contribution in [3.05, 3.63) is 53.3 Å². The second kappa shape index (κ2) is 4.55. The fourth-order valence-corrected chi connectivity index (χ4v) is 2.99. The summed E-state index contributed by atoms with van der Waals surface area (Å²) in [5.41, 5.74) is 1.34. The van der Waals surface area contributed by atoms with Crippen molar-refractivity contribution >= 4 is 16.0 Å². The summed E-state index contributed by atoms with van der Waals surface area (Å²) in [6, 6.07) is 6.39. The first-order chi connectivity index (χ1) is 8.82. The third-order valence-electron chi connectivity index (χ3n) is 2.83. The molecule has 0 unspecified atom stereocenters. The third-order valence-corrected chi connectivity index (χ3v) is 4.46. The van der Waals surface area contributed by atoms with E-state index in [9.17, 15) is 13.2 Å². The van der Waals surface area contributed by atoms with Gasteiger partial charge in [-0.25, -0.2) is 17.2 Å². The van der Waals surface area contributed by atoms with Crippen molar-refractivity contribution in [3.63, 3.8) is 0 Å². The van der Waals surface area contributed by atoms with Crippen molar-refractivity contribution in [1.82, 2.24) is 3.97 Å². The zero-order valence-electron chi connectivity index (χ0n) is 10.5. The monoisotopic (exact) mass is 279 g/mol.